The van der Waals surface area contributed by atoms with Crippen LogP contribution in [0.5, 0.6) is 0 Å². The monoisotopic (exact) mass is 338 g/mol. The van der Waals surface area contributed by atoms with Gasteiger partial charge in [0.25, 0.3) is 0 Å². The minimum atomic E-state index is 0.328. The highest BCUT2D eigenvalue weighted by Crippen LogP contribution is 2.42. The number of benzene rings is 1. The maximum absolute atomic E-state index is 12.3. The molecule has 1 saturated carbocycles. The van der Waals surface area contributed by atoms with Crippen molar-refractivity contribution in [2.24, 2.45) is 5.41 Å². The quantitative estimate of drug-likeness (QED) is 0.854. The van der Waals surface area contributed by atoms with Crippen LogP contribution in [0.25, 0.3) is 11.0 Å². The second-order valence-electron chi connectivity index (χ2n) is 8.36. The fourth-order valence-corrected chi connectivity index (χ4v) is 4.91. The van der Waals surface area contributed by atoms with Crippen LogP contribution in [-0.2, 0) is 11.3 Å². The van der Waals surface area contributed by atoms with Crippen LogP contribution in [0.2, 0.25) is 0 Å². The Labute approximate surface area is 148 Å². The predicted molar refractivity (Wildman–Crippen MR) is 97.1 cm³/mol. The largest absolute Gasteiger partial charge is 0.464 e. The Hall–Kier alpha value is -1.81. The summed E-state index contributed by atoms with van der Waals surface area (Å²) in [5, 5.41) is 1.19. The second kappa shape index (κ2) is 5.87. The molecule has 4 heteroatoms. The fraction of sp³-hybridized carbons (Fsp3) is 0.571. The lowest BCUT2D eigenvalue weighted by molar-refractivity contribution is -0.140. The number of fused-ring (bicyclic) bond motifs is 1. The fourth-order valence-electron chi connectivity index (χ4n) is 4.91. The summed E-state index contributed by atoms with van der Waals surface area (Å²) in [5.74, 6) is 0.399. The Balaban J connectivity index is 1.31. The van der Waals surface area contributed by atoms with Gasteiger partial charge in [0.1, 0.15) is 5.58 Å². The summed E-state index contributed by atoms with van der Waals surface area (Å²) in [5.41, 5.74) is 2.65. The molecule has 3 heterocycles. The summed E-state index contributed by atoms with van der Waals surface area (Å²) in [6, 6.07) is 9.12. The van der Waals surface area contributed by atoms with Crippen molar-refractivity contribution < 1.29 is 9.21 Å². The van der Waals surface area contributed by atoms with Gasteiger partial charge in [-0.2, -0.15) is 0 Å². The maximum Gasteiger partial charge on any atom is 0.222 e. The van der Waals surface area contributed by atoms with Crippen molar-refractivity contribution in [3.8, 4) is 0 Å². The number of rotatable bonds is 3. The van der Waals surface area contributed by atoms with E-state index in [1.165, 1.54) is 43.2 Å². The van der Waals surface area contributed by atoms with Crippen LogP contribution in [0.3, 0.4) is 0 Å². The Morgan fingerprint density at radius 1 is 1.16 bits per heavy atom. The molecule has 1 aromatic carbocycles. The standard InChI is InChI=1S/C21H26N2O2/c24-20-6-9-21(15-23(20)18-3-4-18)8-1-10-22(14-21)13-16-2-5-19-17(12-16)7-11-25-19/h2,5,7,11-12,18H,1,3-4,6,8-10,13-15H2/t21-/m1/s1. The van der Waals surface area contributed by atoms with Crippen LogP contribution in [0.4, 0.5) is 0 Å². The number of amides is 1. The summed E-state index contributed by atoms with van der Waals surface area (Å²) in [7, 11) is 0. The van der Waals surface area contributed by atoms with Crippen LogP contribution in [0, 0.1) is 5.41 Å². The van der Waals surface area contributed by atoms with Gasteiger partial charge < -0.3 is 9.32 Å². The highest BCUT2D eigenvalue weighted by Gasteiger charge is 2.45. The van der Waals surface area contributed by atoms with E-state index in [9.17, 15) is 4.79 Å². The zero-order valence-corrected chi connectivity index (χ0v) is 14.7. The molecule has 3 aliphatic rings. The molecule has 0 radical (unpaired) electrons. The first-order valence-corrected chi connectivity index (χ1v) is 9.69. The minimum absolute atomic E-state index is 0.328. The van der Waals surface area contributed by atoms with Gasteiger partial charge in [0.15, 0.2) is 0 Å². The smallest absolute Gasteiger partial charge is 0.222 e. The number of nitrogens with zero attached hydrogens (tertiary/aromatic N) is 2. The second-order valence-corrected chi connectivity index (χ2v) is 8.36. The van der Waals surface area contributed by atoms with E-state index in [-0.39, 0.29) is 0 Å². The zero-order chi connectivity index (χ0) is 16.9. The van der Waals surface area contributed by atoms with Gasteiger partial charge in [-0.3, -0.25) is 9.69 Å². The molecule has 4 nitrogen and oxygen atoms in total. The average Bonchev–Trinajstić information content (AvgIpc) is 3.35. The topological polar surface area (TPSA) is 36.7 Å². The molecular formula is C21H26N2O2. The average molecular weight is 338 g/mol. The molecule has 2 aliphatic heterocycles. The molecule has 2 aromatic rings. The first kappa shape index (κ1) is 15.4. The summed E-state index contributed by atoms with van der Waals surface area (Å²) in [4.78, 5) is 17.1. The van der Waals surface area contributed by atoms with E-state index >= 15 is 0 Å². The van der Waals surface area contributed by atoms with E-state index in [1.54, 1.807) is 6.26 Å². The molecular weight excluding hydrogens is 312 g/mol. The lowest BCUT2D eigenvalue weighted by atomic mass is 9.73. The molecule has 25 heavy (non-hydrogen) atoms. The summed E-state index contributed by atoms with van der Waals surface area (Å²) >= 11 is 0. The molecule has 1 amide bonds. The van der Waals surface area contributed by atoms with Crippen LogP contribution < -0.4 is 0 Å². The third-order valence-corrected chi connectivity index (χ3v) is 6.35. The molecule has 132 valence electrons. The highest BCUT2D eigenvalue weighted by atomic mass is 16.3. The SMILES string of the molecule is O=C1CC[C@@]2(CCCN(Cc3ccc4occc4c3)C2)CN1C1CC1. The minimum Gasteiger partial charge on any atom is -0.464 e. The first-order chi connectivity index (χ1) is 12.2. The highest BCUT2D eigenvalue weighted by molar-refractivity contribution is 5.78. The van der Waals surface area contributed by atoms with Crippen molar-refractivity contribution in [3.05, 3.63) is 36.1 Å². The third kappa shape index (κ3) is 2.97. The van der Waals surface area contributed by atoms with Gasteiger partial charge in [-0.05, 0) is 62.4 Å². The molecule has 5 rings (SSSR count). The third-order valence-electron chi connectivity index (χ3n) is 6.35. The Kier molecular flexibility index (Phi) is 3.63. The van der Waals surface area contributed by atoms with E-state index < -0.39 is 0 Å². The molecule has 0 bridgehead atoms. The molecule has 1 aromatic heterocycles. The van der Waals surface area contributed by atoms with Crippen LogP contribution in [0.15, 0.2) is 34.9 Å². The summed E-state index contributed by atoms with van der Waals surface area (Å²) in [6.07, 6.45) is 8.56. The van der Waals surface area contributed by atoms with Crippen molar-refractivity contribution in [2.75, 3.05) is 19.6 Å². The Morgan fingerprint density at radius 3 is 2.96 bits per heavy atom. The van der Waals surface area contributed by atoms with Crippen molar-refractivity contribution >= 4 is 16.9 Å². The van der Waals surface area contributed by atoms with Crippen molar-refractivity contribution in [1.29, 1.82) is 0 Å². The van der Waals surface area contributed by atoms with E-state index in [0.717, 1.165) is 38.1 Å². The predicted octanol–water partition coefficient (Wildman–Crippen LogP) is 3.80. The number of hydrogen-bond acceptors (Lipinski definition) is 3. The molecule has 1 spiro atoms. The van der Waals surface area contributed by atoms with Gasteiger partial charge in [-0.1, -0.05) is 6.07 Å². The van der Waals surface area contributed by atoms with Crippen molar-refractivity contribution in [2.45, 2.75) is 51.1 Å². The molecule has 0 unspecified atom stereocenters. The zero-order valence-electron chi connectivity index (χ0n) is 14.7. The molecule has 1 aliphatic carbocycles. The lowest BCUT2D eigenvalue weighted by Gasteiger charge is -2.48. The number of carbonyl (C=O) groups is 1. The molecule has 1 atom stereocenters. The Bertz CT molecular complexity index is 794. The molecule has 2 saturated heterocycles. The van der Waals surface area contributed by atoms with Crippen LogP contribution in [-0.4, -0.2) is 41.4 Å². The number of likely N-dealkylation sites (tertiary alicyclic amines) is 2. The lowest BCUT2D eigenvalue weighted by Crippen LogP contribution is -2.54. The number of carbonyl (C=O) groups excluding carboxylic acids is 1. The van der Waals surface area contributed by atoms with Gasteiger partial charge in [-0.25, -0.2) is 0 Å². The van der Waals surface area contributed by atoms with E-state index in [4.69, 9.17) is 4.42 Å². The number of furan rings is 1. The van der Waals surface area contributed by atoms with Crippen molar-refractivity contribution in [3.63, 3.8) is 0 Å². The summed E-state index contributed by atoms with van der Waals surface area (Å²) in [6.45, 7) is 4.30. The van der Waals surface area contributed by atoms with Gasteiger partial charge >= 0.3 is 0 Å². The maximum atomic E-state index is 12.3. The Morgan fingerprint density at radius 2 is 2.08 bits per heavy atom. The van der Waals surface area contributed by atoms with Crippen LogP contribution >= 0.6 is 0 Å². The van der Waals surface area contributed by atoms with E-state index in [2.05, 4.69) is 28.0 Å². The number of hydrogen-bond donors (Lipinski definition) is 0. The normalized spacial score (nSPS) is 28.2. The van der Waals surface area contributed by atoms with Gasteiger partial charge in [0.05, 0.1) is 6.26 Å². The first-order valence-electron chi connectivity index (χ1n) is 9.69. The van der Waals surface area contributed by atoms with E-state index in [1.807, 2.05) is 6.07 Å². The van der Waals surface area contributed by atoms with Crippen molar-refractivity contribution in [1.82, 2.24) is 9.80 Å². The van der Waals surface area contributed by atoms with Gasteiger partial charge in [0.2, 0.25) is 5.91 Å². The number of piperidine rings is 2. The van der Waals surface area contributed by atoms with Gasteiger partial charge in [-0.15, -0.1) is 0 Å². The summed E-state index contributed by atoms with van der Waals surface area (Å²) < 4.78 is 5.45. The molecule has 0 N–H and O–H groups in total. The molecule has 3 fully saturated rings. The van der Waals surface area contributed by atoms with Gasteiger partial charge in [0, 0.05) is 42.9 Å². The van der Waals surface area contributed by atoms with Crippen LogP contribution in [0.1, 0.15) is 44.1 Å². The van der Waals surface area contributed by atoms with E-state index in [0.29, 0.717) is 17.4 Å².